The van der Waals surface area contributed by atoms with Crippen molar-refractivity contribution < 1.29 is 4.74 Å². The van der Waals surface area contributed by atoms with Crippen LogP contribution in [0.5, 0.6) is 0 Å². The van der Waals surface area contributed by atoms with Crippen LogP contribution >= 0.6 is 0 Å². The number of hydrogen-bond acceptors (Lipinski definition) is 4. The second-order valence-electron chi connectivity index (χ2n) is 6.43. The number of aliphatic imine (C=N–C) groups is 1. The van der Waals surface area contributed by atoms with Crippen LogP contribution in [-0.4, -0.2) is 89.4 Å². The topological polar surface area (TPSA) is 52.1 Å². The van der Waals surface area contributed by atoms with Gasteiger partial charge in [0.05, 0.1) is 0 Å². The molecule has 1 rings (SSSR count). The van der Waals surface area contributed by atoms with Gasteiger partial charge in [-0.1, -0.05) is 6.92 Å². The van der Waals surface area contributed by atoms with E-state index in [-0.39, 0.29) is 0 Å². The van der Waals surface area contributed by atoms with Crippen molar-refractivity contribution in [3.8, 4) is 0 Å². The van der Waals surface area contributed by atoms with Gasteiger partial charge in [-0.2, -0.15) is 0 Å². The van der Waals surface area contributed by atoms with Crippen LogP contribution in [0.2, 0.25) is 0 Å². The number of hydrogen-bond donors (Lipinski definition) is 2. The lowest BCUT2D eigenvalue weighted by Crippen LogP contribution is -2.45. The van der Waals surface area contributed by atoms with Gasteiger partial charge in [0.1, 0.15) is 0 Å². The largest absolute Gasteiger partial charge is 0.385 e. The molecule has 0 spiro atoms. The number of nitrogens with one attached hydrogen (secondary N) is 2. The van der Waals surface area contributed by atoms with E-state index in [0.717, 1.165) is 51.1 Å². The molecule has 1 aliphatic rings. The van der Waals surface area contributed by atoms with Gasteiger partial charge in [0.15, 0.2) is 5.96 Å². The Kier molecular flexibility index (Phi) is 11.0. The van der Waals surface area contributed by atoms with Crippen molar-refractivity contribution in [3.63, 3.8) is 0 Å². The molecule has 136 valence electrons. The molecule has 2 N–H and O–H groups in total. The lowest BCUT2D eigenvalue weighted by atomic mass is 9.98. The number of guanidine groups is 1. The van der Waals surface area contributed by atoms with E-state index in [1.54, 1.807) is 7.11 Å². The summed E-state index contributed by atoms with van der Waals surface area (Å²) in [7, 11) is 5.75. The maximum Gasteiger partial charge on any atom is 0.191 e. The minimum Gasteiger partial charge on any atom is -0.385 e. The summed E-state index contributed by atoms with van der Waals surface area (Å²) in [4.78, 5) is 9.19. The third-order valence-electron chi connectivity index (χ3n) is 4.51. The predicted molar refractivity (Wildman–Crippen MR) is 98.2 cm³/mol. The molecule has 0 saturated carbocycles. The molecule has 1 fully saturated rings. The van der Waals surface area contributed by atoms with Crippen LogP contribution in [0.15, 0.2) is 4.99 Å². The highest BCUT2D eigenvalue weighted by Gasteiger charge is 2.18. The number of nitrogens with zero attached hydrogens (tertiary/aromatic N) is 3. The molecule has 0 amide bonds. The first kappa shape index (κ1) is 20.2. The van der Waals surface area contributed by atoms with Gasteiger partial charge in [-0.3, -0.25) is 4.99 Å². The highest BCUT2D eigenvalue weighted by molar-refractivity contribution is 5.79. The average Bonchev–Trinajstić information content (AvgIpc) is 2.58. The fourth-order valence-corrected chi connectivity index (χ4v) is 3.02. The monoisotopic (exact) mass is 327 g/mol. The Hall–Kier alpha value is -0.850. The zero-order valence-corrected chi connectivity index (χ0v) is 15.6. The Morgan fingerprint density at radius 3 is 2.87 bits per heavy atom. The molecule has 0 aromatic rings. The van der Waals surface area contributed by atoms with Crippen LogP contribution in [0.3, 0.4) is 0 Å². The Bertz CT molecular complexity index is 324. The molecule has 1 saturated heterocycles. The summed E-state index contributed by atoms with van der Waals surface area (Å²) >= 11 is 0. The van der Waals surface area contributed by atoms with Gasteiger partial charge in [0.25, 0.3) is 0 Å². The first-order valence-electron chi connectivity index (χ1n) is 9.04. The molecule has 23 heavy (non-hydrogen) atoms. The van der Waals surface area contributed by atoms with Crippen molar-refractivity contribution in [3.05, 3.63) is 0 Å². The second kappa shape index (κ2) is 12.6. The first-order chi connectivity index (χ1) is 11.2. The molecular formula is C17H37N5O. The van der Waals surface area contributed by atoms with Crippen molar-refractivity contribution in [2.24, 2.45) is 10.9 Å². The predicted octanol–water partition coefficient (Wildman–Crippen LogP) is 0.852. The quantitative estimate of drug-likeness (QED) is 0.354. The van der Waals surface area contributed by atoms with Crippen molar-refractivity contribution in [2.75, 3.05) is 73.6 Å². The molecule has 0 bridgehead atoms. The minimum atomic E-state index is 0.735. The van der Waals surface area contributed by atoms with Crippen LogP contribution in [0.25, 0.3) is 0 Å². The van der Waals surface area contributed by atoms with E-state index in [1.807, 2.05) is 7.05 Å². The normalized spacial score (nSPS) is 20.0. The molecule has 6 nitrogen and oxygen atoms in total. The summed E-state index contributed by atoms with van der Waals surface area (Å²) in [5, 5.41) is 6.89. The number of rotatable bonds is 10. The van der Waals surface area contributed by atoms with Gasteiger partial charge in [-0.05, 0) is 45.3 Å². The third kappa shape index (κ3) is 9.13. The molecule has 0 aromatic heterocycles. The van der Waals surface area contributed by atoms with Crippen molar-refractivity contribution in [1.29, 1.82) is 0 Å². The summed E-state index contributed by atoms with van der Waals surface area (Å²) < 4.78 is 5.08. The molecular weight excluding hydrogens is 290 g/mol. The van der Waals surface area contributed by atoms with Crippen molar-refractivity contribution in [2.45, 2.75) is 26.2 Å². The highest BCUT2D eigenvalue weighted by atomic mass is 16.5. The van der Waals surface area contributed by atoms with E-state index < -0.39 is 0 Å². The Balaban J connectivity index is 2.14. The highest BCUT2D eigenvalue weighted by Crippen LogP contribution is 2.14. The summed E-state index contributed by atoms with van der Waals surface area (Å²) in [6.45, 7) is 10.7. The molecule has 1 heterocycles. The molecule has 1 unspecified atom stereocenters. The third-order valence-corrected chi connectivity index (χ3v) is 4.51. The first-order valence-corrected chi connectivity index (χ1v) is 9.04. The Morgan fingerprint density at radius 2 is 2.17 bits per heavy atom. The van der Waals surface area contributed by atoms with Gasteiger partial charge in [0, 0.05) is 53.5 Å². The van der Waals surface area contributed by atoms with E-state index in [1.165, 1.54) is 32.5 Å². The van der Waals surface area contributed by atoms with E-state index in [9.17, 15) is 0 Å². The summed E-state index contributed by atoms with van der Waals surface area (Å²) in [6.07, 6.45) is 3.72. The Morgan fingerprint density at radius 1 is 1.35 bits per heavy atom. The lowest BCUT2D eigenvalue weighted by molar-refractivity contribution is 0.179. The average molecular weight is 328 g/mol. The van der Waals surface area contributed by atoms with Crippen LogP contribution in [0, 0.1) is 5.92 Å². The lowest BCUT2D eigenvalue weighted by Gasteiger charge is -2.32. The van der Waals surface area contributed by atoms with Gasteiger partial charge in [0.2, 0.25) is 0 Å². The zero-order valence-electron chi connectivity index (χ0n) is 15.6. The van der Waals surface area contributed by atoms with E-state index in [4.69, 9.17) is 4.74 Å². The van der Waals surface area contributed by atoms with Gasteiger partial charge in [-0.25, -0.2) is 0 Å². The SMILES string of the molecule is CCN1CCCC(CNC(=NC)NCCN(C)CCCOC)C1. The molecule has 1 atom stereocenters. The molecule has 6 heteroatoms. The summed E-state index contributed by atoms with van der Waals surface area (Å²) in [5.74, 6) is 1.66. The maximum absolute atomic E-state index is 5.08. The van der Waals surface area contributed by atoms with E-state index in [2.05, 4.69) is 39.4 Å². The van der Waals surface area contributed by atoms with Crippen molar-refractivity contribution in [1.82, 2.24) is 20.4 Å². The van der Waals surface area contributed by atoms with Gasteiger partial charge < -0.3 is 25.2 Å². The number of likely N-dealkylation sites (N-methyl/N-ethyl adjacent to an activating group) is 1. The fraction of sp³-hybridized carbons (Fsp3) is 0.941. The molecule has 0 radical (unpaired) electrons. The number of methoxy groups -OCH3 is 1. The van der Waals surface area contributed by atoms with Crippen LogP contribution < -0.4 is 10.6 Å². The van der Waals surface area contributed by atoms with Gasteiger partial charge >= 0.3 is 0 Å². The smallest absolute Gasteiger partial charge is 0.191 e. The summed E-state index contributed by atoms with van der Waals surface area (Å²) in [6, 6.07) is 0. The number of likely N-dealkylation sites (tertiary alicyclic amines) is 1. The molecule has 0 aliphatic carbocycles. The van der Waals surface area contributed by atoms with E-state index >= 15 is 0 Å². The fourth-order valence-electron chi connectivity index (χ4n) is 3.02. The van der Waals surface area contributed by atoms with E-state index in [0.29, 0.717) is 0 Å². The van der Waals surface area contributed by atoms with Crippen LogP contribution in [0.1, 0.15) is 26.2 Å². The number of ether oxygens (including phenoxy) is 1. The standard InChI is InChI=1S/C17H37N5O/c1-5-22-11-6-8-16(15-22)14-20-17(18-2)19-9-12-21(3)10-7-13-23-4/h16H,5-15H2,1-4H3,(H2,18,19,20). The van der Waals surface area contributed by atoms with Crippen LogP contribution in [0.4, 0.5) is 0 Å². The number of piperidine rings is 1. The van der Waals surface area contributed by atoms with Crippen LogP contribution in [-0.2, 0) is 4.74 Å². The van der Waals surface area contributed by atoms with Gasteiger partial charge in [-0.15, -0.1) is 0 Å². The maximum atomic E-state index is 5.08. The van der Waals surface area contributed by atoms with Crippen molar-refractivity contribution >= 4 is 5.96 Å². The zero-order chi connectivity index (χ0) is 16.9. The molecule has 0 aromatic carbocycles. The second-order valence-corrected chi connectivity index (χ2v) is 6.43. The minimum absolute atomic E-state index is 0.735. The summed E-state index contributed by atoms with van der Waals surface area (Å²) in [5.41, 5.74) is 0. The Labute approximate surface area is 142 Å². The molecule has 1 aliphatic heterocycles.